The smallest absolute Gasteiger partial charge is 0.337 e. The van der Waals surface area contributed by atoms with Gasteiger partial charge < -0.3 is 15.0 Å². The number of carbonyl (C=O) groups is 3. The minimum atomic E-state index is -1.07. The van der Waals surface area contributed by atoms with E-state index in [9.17, 15) is 14.4 Å². The molecule has 3 N–H and O–H groups in total. The van der Waals surface area contributed by atoms with Crippen LogP contribution >= 0.6 is 23.2 Å². The third-order valence-corrected chi connectivity index (χ3v) is 6.31. The summed E-state index contributed by atoms with van der Waals surface area (Å²) in [6.07, 6.45) is 7.90. The summed E-state index contributed by atoms with van der Waals surface area (Å²) < 4.78 is 1.86. The van der Waals surface area contributed by atoms with E-state index in [1.54, 1.807) is 6.08 Å². The topological polar surface area (TPSA) is 92.8 Å². The van der Waals surface area contributed by atoms with E-state index < -0.39 is 12.0 Å². The Labute approximate surface area is 190 Å². The molecule has 2 aromatic rings. The lowest BCUT2D eigenvalue weighted by Gasteiger charge is -2.26. The number of hydrogen-bond acceptors (Lipinski definition) is 3. The highest BCUT2D eigenvalue weighted by atomic mass is 35.5. The van der Waals surface area contributed by atoms with Crippen molar-refractivity contribution < 1.29 is 24.4 Å². The molecule has 0 radical (unpaired) electrons. The number of hydrogen-bond donors (Lipinski definition) is 3. The largest absolute Gasteiger partial charge is 0.480 e. The molecule has 0 spiro atoms. The van der Waals surface area contributed by atoms with Crippen molar-refractivity contribution in [3.63, 3.8) is 0 Å². The van der Waals surface area contributed by atoms with E-state index in [-0.39, 0.29) is 17.7 Å². The van der Waals surface area contributed by atoms with Gasteiger partial charge in [-0.3, -0.25) is 14.5 Å². The van der Waals surface area contributed by atoms with Crippen LogP contribution in [0, 0.1) is 5.92 Å². The van der Waals surface area contributed by atoms with Crippen LogP contribution in [0.2, 0.25) is 10.0 Å². The number of aromatic nitrogens is 1. The van der Waals surface area contributed by atoms with Crippen LogP contribution < -0.4 is 10.2 Å². The summed E-state index contributed by atoms with van der Waals surface area (Å²) in [4.78, 5) is 36.4. The highest BCUT2D eigenvalue weighted by Crippen LogP contribution is 2.32. The van der Waals surface area contributed by atoms with Gasteiger partial charge in [0, 0.05) is 37.2 Å². The second-order valence-corrected chi connectivity index (χ2v) is 8.29. The van der Waals surface area contributed by atoms with Gasteiger partial charge in [-0.05, 0) is 36.8 Å². The molecule has 7 nitrogen and oxygen atoms in total. The molecule has 0 unspecified atom stereocenters. The van der Waals surface area contributed by atoms with Crippen LogP contribution in [0.4, 0.5) is 0 Å². The van der Waals surface area contributed by atoms with Gasteiger partial charge in [0.1, 0.15) is 6.04 Å². The molecule has 9 heteroatoms. The Balaban J connectivity index is 1.58. The zero-order chi connectivity index (χ0) is 22.5. The molecule has 0 saturated carbocycles. The number of aliphatic carboxylic acids is 1. The van der Waals surface area contributed by atoms with Gasteiger partial charge in [0.2, 0.25) is 5.91 Å². The van der Waals surface area contributed by atoms with E-state index in [2.05, 4.69) is 5.32 Å². The number of carbonyl (C=O) groups excluding carboxylic acids is 2. The summed E-state index contributed by atoms with van der Waals surface area (Å²) in [6.45, 7) is 2.44. The van der Waals surface area contributed by atoms with Gasteiger partial charge in [-0.15, -0.1) is 0 Å². The first-order valence-corrected chi connectivity index (χ1v) is 10.7. The van der Waals surface area contributed by atoms with Crippen LogP contribution in [0.1, 0.15) is 25.3 Å². The molecule has 1 saturated heterocycles. The Bertz CT molecular complexity index is 996. The highest BCUT2D eigenvalue weighted by Gasteiger charge is 2.31. The number of likely N-dealkylation sites (tertiary alicyclic amines) is 1. The summed E-state index contributed by atoms with van der Waals surface area (Å²) in [6, 6.07) is 6.50. The number of carboxylic acids is 1. The third-order valence-electron chi connectivity index (χ3n) is 5.43. The van der Waals surface area contributed by atoms with E-state index in [4.69, 9.17) is 28.3 Å². The van der Waals surface area contributed by atoms with Crippen molar-refractivity contribution in [2.75, 3.05) is 13.1 Å². The standard InChI is InChI=1S/C22H23Cl2N3O4/c1-14(22(30)31)25-21(29)16-8-12-27(13-9-16)18(28)7-5-15-4-6-17(20(24)19(15)23)26-10-2-3-11-26/h2-7,10-11,14,16H,8-9,12-13H2,1H3,(H,25,29)(H,30,31)/p+1/b7-5+/t14-/m0/s1. The fraction of sp³-hybridized carbons (Fsp3) is 0.318. The van der Waals surface area contributed by atoms with E-state index in [0.29, 0.717) is 41.5 Å². The normalized spacial score (nSPS) is 19.8. The molecule has 0 bridgehead atoms. The van der Waals surface area contributed by atoms with Gasteiger partial charge in [0.15, 0.2) is 0 Å². The van der Waals surface area contributed by atoms with Crippen molar-refractivity contribution >= 4 is 47.1 Å². The maximum absolute atomic E-state index is 12.6. The van der Waals surface area contributed by atoms with Crippen molar-refractivity contribution in [3.05, 3.63) is 58.3 Å². The molecule has 1 atom stereocenters. The van der Waals surface area contributed by atoms with Crippen LogP contribution in [-0.2, 0) is 14.4 Å². The Morgan fingerprint density at radius 2 is 1.81 bits per heavy atom. The number of carboxylic acid groups (broad SMARTS) is 1. The molecule has 1 aromatic carbocycles. The lowest BCUT2D eigenvalue weighted by Crippen LogP contribution is -3.15. The summed E-state index contributed by atoms with van der Waals surface area (Å²) in [5.74, 6) is -1.73. The maximum Gasteiger partial charge on any atom is 0.337 e. The summed E-state index contributed by atoms with van der Waals surface area (Å²) in [5.41, 5.74) is 1.40. The Kier molecular flexibility index (Phi) is 7.54. The van der Waals surface area contributed by atoms with Crippen molar-refractivity contribution in [1.29, 1.82) is 0 Å². The average molecular weight is 465 g/mol. The fourth-order valence-corrected chi connectivity index (χ4v) is 4.02. The molecule has 1 aromatic heterocycles. The Morgan fingerprint density at radius 1 is 1.16 bits per heavy atom. The first kappa shape index (κ1) is 23.1. The summed E-state index contributed by atoms with van der Waals surface area (Å²) in [7, 11) is 0. The second kappa shape index (κ2) is 10.1. The number of rotatable bonds is 6. The lowest BCUT2D eigenvalue weighted by atomic mass is 9.95. The van der Waals surface area contributed by atoms with Gasteiger partial charge in [0.05, 0.1) is 28.8 Å². The SMILES string of the molecule is C[C@H](NC(=O)C1CC[NH+](C(=O)/C=C/c2ccc(-n3cccc3)c(Cl)c2Cl)CC1)C(=O)O. The van der Waals surface area contributed by atoms with E-state index >= 15 is 0 Å². The number of quaternary nitrogens is 1. The monoisotopic (exact) mass is 464 g/mol. The molecule has 164 valence electrons. The first-order chi connectivity index (χ1) is 14.8. The average Bonchev–Trinajstić information content (AvgIpc) is 3.29. The van der Waals surface area contributed by atoms with Gasteiger partial charge in [-0.1, -0.05) is 29.3 Å². The third kappa shape index (κ3) is 5.55. The van der Waals surface area contributed by atoms with Crippen molar-refractivity contribution in [2.24, 2.45) is 5.92 Å². The Hall–Kier alpha value is -2.61. The first-order valence-electron chi connectivity index (χ1n) is 9.99. The summed E-state index contributed by atoms with van der Waals surface area (Å²) in [5, 5.41) is 12.2. The van der Waals surface area contributed by atoms with Crippen LogP contribution in [0.25, 0.3) is 11.8 Å². The van der Waals surface area contributed by atoms with Crippen LogP contribution in [-0.4, -0.2) is 46.6 Å². The van der Waals surface area contributed by atoms with Gasteiger partial charge in [-0.2, -0.15) is 0 Å². The minimum absolute atomic E-state index is 0.0977. The molecular weight excluding hydrogens is 441 g/mol. The van der Waals surface area contributed by atoms with Crippen LogP contribution in [0.5, 0.6) is 0 Å². The number of nitrogens with zero attached hydrogens (tertiary/aromatic N) is 1. The van der Waals surface area contributed by atoms with E-state index in [1.165, 1.54) is 13.0 Å². The maximum atomic E-state index is 12.6. The summed E-state index contributed by atoms with van der Waals surface area (Å²) >= 11 is 12.8. The molecule has 3 rings (SSSR count). The molecule has 1 fully saturated rings. The van der Waals surface area contributed by atoms with Gasteiger partial charge in [-0.25, -0.2) is 4.79 Å². The van der Waals surface area contributed by atoms with Crippen molar-refractivity contribution in [3.8, 4) is 5.69 Å². The molecular formula is C22H24Cl2N3O4+. The molecule has 1 aliphatic heterocycles. The lowest BCUT2D eigenvalue weighted by molar-refractivity contribution is -0.824. The highest BCUT2D eigenvalue weighted by molar-refractivity contribution is 6.44. The van der Waals surface area contributed by atoms with Crippen molar-refractivity contribution in [1.82, 2.24) is 9.88 Å². The molecule has 0 aliphatic carbocycles. The number of halogens is 2. The van der Waals surface area contributed by atoms with Gasteiger partial charge in [0.25, 0.3) is 0 Å². The predicted octanol–water partition coefficient (Wildman–Crippen LogP) is 2.21. The van der Waals surface area contributed by atoms with Gasteiger partial charge >= 0.3 is 11.9 Å². The number of amides is 2. The zero-order valence-electron chi connectivity index (χ0n) is 17.0. The van der Waals surface area contributed by atoms with Crippen molar-refractivity contribution in [2.45, 2.75) is 25.8 Å². The molecule has 1 aliphatic rings. The number of benzene rings is 1. The molecule has 31 heavy (non-hydrogen) atoms. The van der Waals surface area contributed by atoms with E-state index in [1.807, 2.05) is 41.2 Å². The number of nitrogens with one attached hydrogen (secondary N) is 2. The minimum Gasteiger partial charge on any atom is -0.480 e. The van der Waals surface area contributed by atoms with Crippen LogP contribution in [0.3, 0.4) is 0 Å². The molecule has 2 heterocycles. The Morgan fingerprint density at radius 3 is 2.42 bits per heavy atom. The zero-order valence-corrected chi connectivity index (χ0v) is 18.5. The number of piperidine rings is 1. The van der Waals surface area contributed by atoms with E-state index in [0.717, 1.165) is 10.6 Å². The molecule has 2 amide bonds. The quantitative estimate of drug-likeness (QED) is 0.571. The fourth-order valence-electron chi connectivity index (χ4n) is 3.53. The van der Waals surface area contributed by atoms with Crippen LogP contribution in [0.15, 0.2) is 42.7 Å². The predicted molar refractivity (Wildman–Crippen MR) is 118 cm³/mol. The second-order valence-electron chi connectivity index (χ2n) is 7.54.